The molecule has 0 bridgehead atoms. The number of nitrogens with zero attached hydrogens (tertiary/aromatic N) is 1. The molecule has 0 aliphatic heterocycles. The van der Waals surface area contributed by atoms with Gasteiger partial charge in [-0.2, -0.15) is 13.2 Å². The summed E-state index contributed by atoms with van der Waals surface area (Å²) in [5.41, 5.74) is 1.77. The molecule has 2 atom stereocenters. The highest BCUT2D eigenvalue weighted by molar-refractivity contribution is 6.74. The zero-order chi connectivity index (χ0) is 34.4. The van der Waals surface area contributed by atoms with Gasteiger partial charge in [0.05, 0.1) is 11.7 Å². The third-order valence-corrected chi connectivity index (χ3v) is 12.7. The van der Waals surface area contributed by atoms with Gasteiger partial charge in [-0.25, -0.2) is 4.79 Å². The molecular formula is C34H44F3N3O5Si. The molecule has 2 amide bonds. The summed E-state index contributed by atoms with van der Waals surface area (Å²) < 4.78 is 55.7. The van der Waals surface area contributed by atoms with Crippen LogP contribution in [0.2, 0.25) is 18.1 Å². The van der Waals surface area contributed by atoms with Crippen molar-refractivity contribution in [3.8, 4) is 11.3 Å². The minimum absolute atomic E-state index is 0.0291. The molecular weight excluding hydrogens is 615 g/mol. The number of benzene rings is 2. The van der Waals surface area contributed by atoms with Crippen molar-refractivity contribution in [2.75, 3.05) is 5.32 Å². The average Bonchev–Trinajstić information content (AvgIpc) is 2.96. The van der Waals surface area contributed by atoms with Crippen molar-refractivity contribution in [2.45, 2.75) is 91.1 Å². The van der Waals surface area contributed by atoms with Gasteiger partial charge in [-0.3, -0.25) is 19.5 Å². The number of ether oxygens (including phenoxy) is 1. The van der Waals surface area contributed by atoms with Gasteiger partial charge in [0.15, 0.2) is 14.4 Å². The number of alkyl halides is 3. The number of hydrogen-bond acceptors (Lipinski definition) is 5. The number of carbonyl (C=O) groups excluding carboxylic acids is 2. The Bertz CT molecular complexity index is 1550. The standard InChI is InChI=1S/C34H44F3N3O5Si/c1-22(2)29(30(34(35,36)37)45-46(7,8)33(4,5)6)39-28(41)20-40-27(25-16-14-23(3)15-17-25)19-18-26(31(40)42)38-32(43)44-21-24-12-10-9-11-13-24/h9-19,22,29-30H,20-21H2,1-8H3,(H,38,43)(H,39,41). The van der Waals surface area contributed by atoms with Gasteiger partial charge in [-0.05, 0) is 54.2 Å². The van der Waals surface area contributed by atoms with E-state index in [1.54, 1.807) is 69.4 Å². The summed E-state index contributed by atoms with van der Waals surface area (Å²) in [5.74, 6) is -1.47. The van der Waals surface area contributed by atoms with Crippen LogP contribution in [0.15, 0.2) is 71.5 Å². The van der Waals surface area contributed by atoms with Gasteiger partial charge in [-0.1, -0.05) is 94.8 Å². The molecule has 1 heterocycles. The number of nitrogens with one attached hydrogen (secondary N) is 2. The molecule has 46 heavy (non-hydrogen) atoms. The third-order valence-electron chi connectivity index (χ3n) is 8.20. The molecule has 12 heteroatoms. The first-order chi connectivity index (χ1) is 21.3. The van der Waals surface area contributed by atoms with Gasteiger partial charge >= 0.3 is 12.3 Å². The number of amides is 2. The maximum atomic E-state index is 14.5. The summed E-state index contributed by atoms with van der Waals surface area (Å²) in [6.45, 7) is 13.4. The van der Waals surface area contributed by atoms with Crippen LogP contribution >= 0.6 is 0 Å². The molecule has 0 saturated heterocycles. The van der Waals surface area contributed by atoms with Crippen molar-refractivity contribution in [1.29, 1.82) is 0 Å². The number of hydrogen-bond donors (Lipinski definition) is 2. The van der Waals surface area contributed by atoms with Gasteiger partial charge < -0.3 is 14.5 Å². The maximum Gasteiger partial charge on any atom is 0.415 e. The largest absolute Gasteiger partial charge is 0.444 e. The van der Waals surface area contributed by atoms with Gasteiger partial charge in [0, 0.05) is 0 Å². The zero-order valence-corrected chi connectivity index (χ0v) is 28.6. The molecule has 3 rings (SSSR count). The van der Waals surface area contributed by atoms with Crippen LogP contribution < -0.4 is 16.2 Å². The van der Waals surface area contributed by atoms with Crippen molar-refractivity contribution < 1.29 is 31.9 Å². The Morgan fingerprint density at radius 2 is 1.54 bits per heavy atom. The van der Waals surface area contributed by atoms with Crippen LogP contribution in [0.1, 0.15) is 45.7 Å². The second-order valence-corrected chi connectivity index (χ2v) is 18.0. The lowest BCUT2D eigenvalue weighted by molar-refractivity contribution is -0.210. The Morgan fingerprint density at radius 1 is 0.935 bits per heavy atom. The molecule has 2 aromatic carbocycles. The summed E-state index contributed by atoms with van der Waals surface area (Å²) in [6.07, 6.45) is -7.89. The van der Waals surface area contributed by atoms with Gasteiger partial charge in [0.25, 0.3) is 5.56 Å². The fourth-order valence-electron chi connectivity index (χ4n) is 4.48. The fourth-order valence-corrected chi connectivity index (χ4v) is 5.75. The van der Waals surface area contributed by atoms with Gasteiger partial charge in [0.2, 0.25) is 5.91 Å². The fraction of sp³-hybridized carbons (Fsp3) is 0.441. The molecule has 3 aromatic rings. The first-order valence-electron chi connectivity index (χ1n) is 15.1. The first kappa shape index (κ1) is 36.6. The molecule has 8 nitrogen and oxygen atoms in total. The van der Waals surface area contributed by atoms with Crippen molar-refractivity contribution >= 4 is 26.0 Å². The Morgan fingerprint density at radius 3 is 2.09 bits per heavy atom. The van der Waals surface area contributed by atoms with E-state index >= 15 is 0 Å². The molecule has 0 spiro atoms. The van der Waals surface area contributed by atoms with Crippen molar-refractivity contribution in [2.24, 2.45) is 5.92 Å². The SMILES string of the molecule is Cc1ccc(-c2ccc(NC(=O)OCc3ccccc3)c(=O)n2CC(=O)NC(C(C)C)C(O[Si](C)(C)C(C)(C)C)C(F)(F)F)cc1. The number of anilines is 1. The van der Waals surface area contributed by atoms with Crippen LogP contribution in [0.3, 0.4) is 0 Å². The maximum absolute atomic E-state index is 14.5. The predicted octanol–water partition coefficient (Wildman–Crippen LogP) is 7.67. The molecule has 1 aromatic heterocycles. The smallest absolute Gasteiger partial charge is 0.415 e. The molecule has 0 radical (unpaired) electrons. The zero-order valence-electron chi connectivity index (χ0n) is 27.6. The molecule has 250 valence electrons. The first-order valence-corrected chi connectivity index (χ1v) is 18.0. The number of aromatic nitrogens is 1. The third kappa shape index (κ3) is 9.55. The predicted molar refractivity (Wildman–Crippen MR) is 176 cm³/mol. The Hall–Kier alpha value is -3.90. The van der Waals surface area contributed by atoms with Crippen LogP contribution in [0.4, 0.5) is 23.7 Å². The van der Waals surface area contributed by atoms with Crippen molar-refractivity contribution in [3.63, 3.8) is 0 Å². The molecule has 0 fully saturated rings. The summed E-state index contributed by atoms with van der Waals surface area (Å²) in [7, 11) is -2.91. The summed E-state index contributed by atoms with van der Waals surface area (Å²) in [5, 5.41) is 4.45. The Kier molecular flexibility index (Phi) is 11.7. The second-order valence-electron chi connectivity index (χ2n) is 13.3. The van der Waals surface area contributed by atoms with E-state index in [1.807, 2.05) is 45.9 Å². The van der Waals surface area contributed by atoms with Crippen LogP contribution in [-0.2, 0) is 27.1 Å². The normalized spacial score (nSPS) is 13.7. The minimum atomic E-state index is -4.76. The number of rotatable bonds is 11. The minimum Gasteiger partial charge on any atom is -0.444 e. The van der Waals surface area contributed by atoms with E-state index in [2.05, 4.69) is 10.6 Å². The second kappa shape index (κ2) is 14.7. The summed E-state index contributed by atoms with van der Waals surface area (Å²) in [4.78, 5) is 39.8. The van der Waals surface area contributed by atoms with E-state index in [0.717, 1.165) is 15.7 Å². The lowest BCUT2D eigenvalue weighted by Gasteiger charge is -2.42. The van der Waals surface area contributed by atoms with Gasteiger partial charge in [0.1, 0.15) is 18.8 Å². The highest BCUT2D eigenvalue weighted by atomic mass is 28.4. The number of halogens is 3. The Balaban J connectivity index is 1.94. The molecule has 2 N–H and O–H groups in total. The molecule has 0 saturated carbocycles. The number of pyridine rings is 1. The van der Waals surface area contributed by atoms with Crippen molar-refractivity contribution in [3.05, 3.63) is 88.2 Å². The summed E-state index contributed by atoms with van der Waals surface area (Å²) in [6, 6.07) is 17.7. The summed E-state index contributed by atoms with van der Waals surface area (Å²) >= 11 is 0. The van der Waals surface area contributed by atoms with Gasteiger partial charge in [-0.15, -0.1) is 0 Å². The van der Waals surface area contributed by atoms with E-state index in [9.17, 15) is 27.6 Å². The lowest BCUT2D eigenvalue weighted by atomic mass is 9.98. The van der Waals surface area contributed by atoms with E-state index in [-0.39, 0.29) is 12.3 Å². The highest BCUT2D eigenvalue weighted by Gasteiger charge is 2.52. The topological polar surface area (TPSA) is 98.7 Å². The highest BCUT2D eigenvalue weighted by Crippen LogP contribution is 2.41. The lowest BCUT2D eigenvalue weighted by Crippen LogP contribution is -2.59. The van der Waals surface area contributed by atoms with E-state index in [1.165, 1.54) is 6.07 Å². The van der Waals surface area contributed by atoms with Crippen molar-refractivity contribution in [1.82, 2.24) is 9.88 Å². The number of carbonyl (C=O) groups is 2. The van der Waals surface area contributed by atoms with Crippen LogP contribution in [-0.4, -0.2) is 43.2 Å². The van der Waals surface area contributed by atoms with Crippen LogP contribution in [0.5, 0.6) is 0 Å². The quantitative estimate of drug-likeness (QED) is 0.206. The van der Waals surface area contributed by atoms with E-state index in [0.29, 0.717) is 11.3 Å². The molecule has 2 unspecified atom stereocenters. The molecule has 0 aliphatic rings. The van der Waals surface area contributed by atoms with Crippen LogP contribution in [0.25, 0.3) is 11.3 Å². The average molecular weight is 660 g/mol. The monoisotopic (exact) mass is 659 g/mol. The van der Waals surface area contributed by atoms with E-state index < -0.39 is 61.7 Å². The molecule has 0 aliphatic carbocycles. The van der Waals surface area contributed by atoms with E-state index in [4.69, 9.17) is 9.16 Å². The van der Waals surface area contributed by atoms with Crippen LogP contribution in [0, 0.1) is 12.8 Å². The number of aryl methyl sites for hydroxylation is 1. The Labute approximate surface area is 269 Å².